The molecule has 0 aliphatic carbocycles. The molecule has 2 N–H and O–H groups in total. The molecule has 0 saturated carbocycles. The predicted octanol–water partition coefficient (Wildman–Crippen LogP) is 2.97. The Bertz CT molecular complexity index is 1160. The van der Waals surface area contributed by atoms with E-state index in [4.69, 9.17) is 20.8 Å². The van der Waals surface area contributed by atoms with E-state index in [1.165, 1.54) is 24.3 Å². The largest absolute Gasteiger partial charge is 0.496 e. The van der Waals surface area contributed by atoms with Gasteiger partial charge < -0.3 is 14.1 Å². The van der Waals surface area contributed by atoms with Crippen LogP contribution in [0.4, 0.5) is 0 Å². The molecule has 1 aromatic heterocycles. The molecule has 3 amide bonds. The van der Waals surface area contributed by atoms with Crippen molar-refractivity contribution in [1.29, 1.82) is 0 Å². The van der Waals surface area contributed by atoms with Crippen molar-refractivity contribution < 1.29 is 23.5 Å². The van der Waals surface area contributed by atoms with Gasteiger partial charge in [-0.25, -0.2) is 0 Å². The quantitative estimate of drug-likeness (QED) is 0.591. The standard InChI is InChI=1S/C23H20ClN3O5/c1-31-19-9-8-16(24)12-17(19)21(28)25-26-22(29)18-11-14-5-2-3-6-15(14)13-27(18)23(30)20-7-4-10-32-20/h2-10,12,18H,11,13H2,1H3,(H,25,28)(H,26,29)/t18-/m1/s1. The number of nitrogens with one attached hydrogen (secondary N) is 2. The Hall–Kier alpha value is -3.78. The van der Waals surface area contributed by atoms with Gasteiger partial charge in [-0.2, -0.15) is 0 Å². The summed E-state index contributed by atoms with van der Waals surface area (Å²) in [5, 5.41) is 0.349. The fourth-order valence-electron chi connectivity index (χ4n) is 3.64. The topological polar surface area (TPSA) is 101 Å². The minimum atomic E-state index is -0.843. The number of ether oxygens (including phenoxy) is 1. The lowest BCUT2D eigenvalue weighted by Crippen LogP contribution is -2.56. The molecule has 8 nitrogen and oxygen atoms in total. The minimum Gasteiger partial charge on any atom is -0.496 e. The summed E-state index contributed by atoms with van der Waals surface area (Å²) in [4.78, 5) is 40.1. The molecule has 1 aliphatic heterocycles. The fourth-order valence-corrected chi connectivity index (χ4v) is 3.81. The van der Waals surface area contributed by atoms with Gasteiger partial charge in [0.1, 0.15) is 11.8 Å². The second-order valence-corrected chi connectivity index (χ2v) is 7.62. The molecule has 32 heavy (non-hydrogen) atoms. The maximum Gasteiger partial charge on any atom is 0.290 e. The summed E-state index contributed by atoms with van der Waals surface area (Å²) in [5.74, 6) is -1.10. The van der Waals surface area contributed by atoms with E-state index in [-0.39, 0.29) is 17.9 Å². The third kappa shape index (κ3) is 4.31. The summed E-state index contributed by atoms with van der Waals surface area (Å²) in [6.45, 7) is 0.240. The minimum absolute atomic E-state index is 0.134. The maximum atomic E-state index is 13.0. The van der Waals surface area contributed by atoms with E-state index in [2.05, 4.69) is 10.9 Å². The number of fused-ring (bicyclic) bond motifs is 1. The van der Waals surface area contributed by atoms with Gasteiger partial charge in [0.25, 0.3) is 17.7 Å². The predicted molar refractivity (Wildman–Crippen MR) is 116 cm³/mol. The van der Waals surface area contributed by atoms with Crippen LogP contribution in [0.25, 0.3) is 0 Å². The van der Waals surface area contributed by atoms with Crippen LogP contribution in [0.2, 0.25) is 5.02 Å². The zero-order valence-corrected chi connectivity index (χ0v) is 17.9. The Morgan fingerprint density at radius 2 is 1.84 bits per heavy atom. The third-order valence-corrected chi connectivity index (χ3v) is 5.48. The van der Waals surface area contributed by atoms with Crippen molar-refractivity contribution in [3.63, 3.8) is 0 Å². The van der Waals surface area contributed by atoms with Gasteiger partial charge >= 0.3 is 0 Å². The van der Waals surface area contributed by atoms with Crippen LogP contribution in [0.1, 0.15) is 32.0 Å². The lowest BCUT2D eigenvalue weighted by Gasteiger charge is -2.35. The van der Waals surface area contributed by atoms with E-state index in [0.717, 1.165) is 11.1 Å². The van der Waals surface area contributed by atoms with Gasteiger partial charge in [0.2, 0.25) is 0 Å². The van der Waals surface area contributed by atoms with E-state index in [9.17, 15) is 14.4 Å². The number of hydrogen-bond acceptors (Lipinski definition) is 5. The van der Waals surface area contributed by atoms with E-state index in [1.54, 1.807) is 24.3 Å². The molecule has 0 saturated heterocycles. The number of furan rings is 1. The average molecular weight is 454 g/mol. The molecule has 9 heteroatoms. The van der Waals surface area contributed by atoms with Crippen molar-refractivity contribution in [2.75, 3.05) is 7.11 Å². The second-order valence-electron chi connectivity index (χ2n) is 7.19. The molecule has 0 bridgehead atoms. The smallest absolute Gasteiger partial charge is 0.290 e. The molecule has 0 unspecified atom stereocenters. The normalized spacial score (nSPS) is 14.9. The molecule has 1 aliphatic rings. The number of hydrazine groups is 1. The van der Waals surface area contributed by atoms with Crippen LogP contribution >= 0.6 is 11.6 Å². The van der Waals surface area contributed by atoms with Gasteiger partial charge in [-0.1, -0.05) is 35.9 Å². The Balaban J connectivity index is 1.53. The van der Waals surface area contributed by atoms with Crippen LogP contribution in [0.15, 0.2) is 65.3 Å². The number of amides is 3. The Morgan fingerprint density at radius 3 is 2.56 bits per heavy atom. The maximum absolute atomic E-state index is 13.0. The number of carbonyl (C=O) groups is 3. The highest BCUT2D eigenvalue weighted by Crippen LogP contribution is 2.26. The molecule has 1 atom stereocenters. The Morgan fingerprint density at radius 1 is 1.06 bits per heavy atom. The lowest BCUT2D eigenvalue weighted by atomic mass is 9.93. The Kier molecular flexibility index (Phi) is 6.13. The van der Waals surface area contributed by atoms with Gasteiger partial charge in [-0.15, -0.1) is 0 Å². The van der Waals surface area contributed by atoms with Crippen LogP contribution in [0.3, 0.4) is 0 Å². The third-order valence-electron chi connectivity index (χ3n) is 5.25. The monoisotopic (exact) mass is 453 g/mol. The van der Waals surface area contributed by atoms with E-state index in [0.29, 0.717) is 17.2 Å². The number of benzene rings is 2. The highest BCUT2D eigenvalue weighted by atomic mass is 35.5. The van der Waals surface area contributed by atoms with Gasteiger partial charge in [0.05, 0.1) is 18.9 Å². The highest BCUT2D eigenvalue weighted by Gasteiger charge is 2.36. The number of rotatable bonds is 4. The SMILES string of the molecule is COc1ccc(Cl)cc1C(=O)NNC(=O)[C@H]1Cc2ccccc2CN1C(=O)c1ccco1. The first-order valence-electron chi connectivity index (χ1n) is 9.83. The van der Waals surface area contributed by atoms with E-state index < -0.39 is 23.8 Å². The molecule has 164 valence electrons. The first kappa shape index (κ1) is 21.5. The van der Waals surface area contributed by atoms with Crippen LogP contribution in [0.5, 0.6) is 5.75 Å². The van der Waals surface area contributed by atoms with Crippen molar-refractivity contribution in [2.24, 2.45) is 0 Å². The van der Waals surface area contributed by atoms with Crippen molar-refractivity contribution in [2.45, 2.75) is 19.0 Å². The summed E-state index contributed by atoms with van der Waals surface area (Å²) in [6, 6.07) is 14.5. The molecule has 3 aromatic rings. The van der Waals surface area contributed by atoms with Gasteiger partial charge in [-0.05, 0) is 41.5 Å². The summed E-state index contributed by atoms with van der Waals surface area (Å²) in [7, 11) is 1.43. The number of methoxy groups -OCH3 is 1. The summed E-state index contributed by atoms with van der Waals surface area (Å²) in [6.07, 6.45) is 1.70. The summed E-state index contributed by atoms with van der Waals surface area (Å²) in [5.41, 5.74) is 6.87. The molecule has 0 fully saturated rings. The Labute approximate surface area is 189 Å². The number of nitrogens with zero attached hydrogens (tertiary/aromatic N) is 1. The zero-order chi connectivity index (χ0) is 22.7. The number of hydrogen-bond donors (Lipinski definition) is 2. The van der Waals surface area contributed by atoms with Crippen LogP contribution in [-0.2, 0) is 17.8 Å². The molecular formula is C23H20ClN3O5. The summed E-state index contributed by atoms with van der Waals surface area (Å²) < 4.78 is 10.4. The molecule has 0 spiro atoms. The first-order chi connectivity index (χ1) is 15.5. The van der Waals surface area contributed by atoms with Gasteiger partial charge in [-0.3, -0.25) is 25.2 Å². The number of halogens is 1. The van der Waals surface area contributed by atoms with Crippen molar-refractivity contribution in [1.82, 2.24) is 15.8 Å². The molecule has 0 radical (unpaired) electrons. The van der Waals surface area contributed by atoms with Crippen LogP contribution in [-0.4, -0.2) is 35.8 Å². The second kappa shape index (κ2) is 9.15. The fraction of sp³-hybridized carbons (Fsp3) is 0.174. The van der Waals surface area contributed by atoms with Crippen LogP contribution < -0.4 is 15.6 Å². The first-order valence-corrected chi connectivity index (χ1v) is 10.2. The molecule has 2 heterocycles. The van der Waals surface area contributed by atoms with E-state index >= 15 is 0 Å². The number of carbonyl (C=O) groups excluding carboxylic acids is 3. The van der Waals surface area contributed by atoms with E-state index in [1.807, 2.05) is 24.3 Å². The molecular weight excluding hydrogens is 434 g/mol. The van der Waals surface area contributed by atoms with Crippen molar-refractivity contribution in [3.8, 4) is 5.75 Å². The van der Waals surface area contributed by atoms with Crippen LogP contribution in [0, 0.1) is 0 Å². The van der Waals surface area contributed by atoms with Gasteiger partial charge in [0, 0.05) is 18.0 Å². The lowest BCUT2D eigenvalue weighted by molar-refractivity contribution is -0.127. The highest BCUT2D eigenvalue weighted by molar-refractivity contribution is 6.31. The summed E-state index contributed by atoms with van der Waals surface area (Å²) >= 11 is 5.98. The molecule has 4 rings (SSSR count). The van der Waals surface area contributed by atoms with Gasteiger partial charge in [0.15, 0.2) is 5.76 Å². The molecule has 2 aromatic carbocycles. The zero-order valence-electron chi connectivity index (χ0n) is 17.1. The van der Waals surface area contributed by atoms with Crippen molar-refractivity contribution in [3.05, 3.63) is 88.3 Å². The van der Waals surface area contributed by atoms with Crippen molar-refractivity contribution >= 4 is 29.3 Å². The average Bonchev–Trinajstić information content (AvgIpc) is 3.36.